The number of fused-ring (bicyclic) bond motifs is 3. The normalized spacial score (nSPS) is 34.3. The summed E-state index contributed by atoms with van der Waals surface area (Å²) in [6, 6.07) is 8.23. The molecule has 0 saturated heterocycles. The summed E-state index contributed by atoms with van der Waals surface area (Å²) in [5.41, 5.74) is 2.44. The molecule has 0 amide bonds. The molecule has 1 fully saturated rings. The fourth-order valence-electron chi connectivity index (χ4n) is 3.86. The molecule has 3 rings (SSSR count). The Morgan fingerprint density at radius 2 is 1.88 bits per heavy atom. The van der Waals surface area contributed by atoms with Gasteiger partial charge in [0.15, 0.2) is 5.78 Å². The molecular weight excluding hydrogens is 208 g/mol. The van der Waals surface area contributed by atoms with Crippen LogP contribution in [-0.4, -0.2) is 5.78 Å². The molecule has 2 aliphatic carbocycles. The maximum absolute atomic E-state index is 12.6. The van der Waals surface area contributed by atoms with Gasteiger partial charge in [-0.05, 0) is 35.7 Å². The van der Waals surface area contributed by atoms with Crippen molar-refractivity contribution in [2.45, 2.75) is 39.5 Å². The van der Waals surface area contributed by atoms with Crippen LogP contribution < -0.4 is 0 Å². The van der Waals surface area contributed by atoms with Crippen LogP contribution in [0.15, 0.2) is 24.3 Å². The van der Waals surface area contributed by atoms with E-state index >= 15 is 0 Å². The van der Waals surface area contributed by atoms with Gasteiger partial charge >= 0.3 is 0 Å². The van der Waals surface area contributed by atoms with Gasteiger partial charge in [-0.25, -0.2) is 0 Å². The maximum Gasteiger partial charge on any atom is 0.167 e. The molecule has 0 bridgehead atoms. The molecule has 17 heavy (non-hydrogen) atoms. The van der Waals surface area contributed by atoms with E-state index in [1.807, 2.05) is 12.1 Å². The molecule has 0 aliphatic heterocycles. The summed E-state index contributed by atoms with van der Waals surface area (Å²) < 4.78 is 0. The van der Waals surface area contributed by atoms with E-state index in [4.69, 9.17) is 0 Å². The predicted octanol–water partition coefficient (Wildman–Crippen LogP) is 4.04. The van der Waals surface area contributed by atoms with Crippen LogP contribution in [0.25, 0.3) is 0 Å². The molecule has 1 heteroatoms. The molecule has 90 valence electrons. The van der Waals surface area contributed by atoms with Gasteiger partial charge in [0.25, 0.3) is 0 Å². The Labute approximate surface area is 103 Å². The lowest BCUT2D eigenvalue weighted by Crippen LogP contribution is -2.40. The molecule has 3 unspecified atom stereocenters. The van der Waals surface area contributed by atoms with Gasteiger partial charge in [0.1, 0.15) is 0 Å². The molecule has 1 aromatic carbocycles. The summed E-state index contributed by atoms with van der Waals surface area (Å²) in [6.45, 7) is 6.85. The van der Waals surface area contributed by atoms with E-state index < -0.39 is 0 Å². The molecule has 1 aromatic rings. The van der Waals surface area contributed by atoms with E-state index in [2.05, 4.69) is 32.9 Å². The molecule has 0 radical (unpaired) electrons. The lowest BCUT2D eigenvalue weighted by molar-refractivity contribution is 0.0464. The molecular formula is C16H20O. The minimum absolute atomic E-state index is 0.138. The smallest absolute Gasteiger partial charge is 0.167 e. The van der Waals surface area contributed by atoms with Crippen LogP contribution in [0.1, 0.15) is 55.5 Å². The molecule has 3 atom stereocenters. The monoisotopic (exact) mass is 228 g/mol. The Morgan fingerprint density at radius 1 is 1.18 bits per heavy atom. The third kappa shape index (κ3) is 1.34. The van der Waals surface area contributed by atoms with Crippen molar-refractivity contribution < 1.29 is 4.79 Å². The summed E-state index contributed by atoms with van der Waals surface area (Å²) in [4.78, 5) is 12.6. The quantitative estimate of drug-likeness (QED) is 0.655. The van der Waals surface area contributed by atoms with Gasteiger partial charge in [0.05, 0.1) is 0 Å². The number of rotatable bonds is 0. The van der Waals surface area contributed by atoms with Crippen molar-refractivity contribution in [3.63, 3.8) is 0 Å². The largest absolute Gasteiger partial charge is 0.294 e. The fraction of sp³-hybridized carbons (Fsp3) is 0.562. The topological polar surface area (TPSA) is 17.1 Å². The second-order valence-corrected chi connectivity index (χ2v) is 6.34. The Bertz CT molecular complexity index is 472. The standard InChI is InChI=1S/C16H20O/c1-10-8-9-12-11-6-4-5-7-13(11)15(17)14(12)16(10,2)3/h4-7,10,12,14H,8-9H2,1-3H3. The van der Waals surface area contributed by atoms with Crippen LogP contribution in [0.5, 0.6) is 0 Å². The van der Waals surface area contributed by atoms with E-state index in [1.165, 1.54) is 18.4 Å². The van der Waals surface area contributed by atoms with Crippen LogP contribution in [0.3, 0.4) is 0 Å². The van der Waals surface area contributed by atoms with E-state index in [0.29, 0.717) is 17.6 Å². The van der Waals surface area contributed by atoms with E-state index in [0.717, 1.165) is 5.56 Å². The van der Waals surface area contributed by atoms with Crippen molar-refractivity contribution in [2.75, 3.05) is 0 Å². The minimum atomic E-state index is 0.138. The Morgan fingerprint density at radius 3 is 2.65 bits per heavy atom. The predicted molar refractivity (Wildman–Crippen MR) is 69.2 cm³/mol. The Balaban J connectivity index is 2.12. The van der Waals surface area contributed by atoms with Gasteiger partial charge in [-0.15, -0.1) is 0 Å². The van der Waals surface area contributed by atoms with E-state index in [1.54, 1.807) is 0 Å². The first kappa shape index (κ1) is 11.0. The highest BCUT2D eigenvalue weighted by Gasteiger charge is 2.52. The average Bonchev–Trinajstić information content (AvgIpc) is 2.60. The lowest BCUT2D eigenvalue weighted by atomic mass is 9.59. The van der Waals surface area contributed by atoms with Crippen molar-refractivity contribution in [3.05, 3.63) is 35.4 Å². The minimum Gasteiger partial charge on any atom is -0.294 e. The summed E-state index contributed by atoms with van der Waals surface area (Å²) >= 11 is 0. The fourth-order valence-corrected chi connectivity index (χ4v) is 3.86. The highest BCUT2D eigenvalue weighted by Crippen LogP contribution is 2.56. The lowest BCUT2D eigenvalue weighted by Gasteiger charge is -2.44. The number of carbonyl (C=O) groups is 1. The molecule has 2 aliphatic rings. The summed E-state index contributed by atoms with van der Waals surface area (Å²) in [7, 11) is 0. The zero-order valence-corrected chi connectivity index (χ0v) is 10.9. The van der Waals surface area contributed by atoms with Crippen molar-refractivity contribution >= 4 is 5.78 Å². The third-order valence-electron chi connectivity index (χ3n) is 5.29. The molecule has 1 nitrogen and oxygen atoms in total. The molecule has 0 aromatic heterocycles. The van der Waals surface area contributed by atoms with Crippen LogP contribution in [0.4, 0.5) is 0 Å². The molecule has 1 saturated carbocycles. The first-order chi connectivity index (χ1) is 8.03. The van der Waals surface area contributed by atoms with Crippen LogP contribution >= 0.6 is 0 Å². The molecule has 0 heterocycles. The first-order valence-corrected chi connectivity index (χ1v) is 6.66. The second kappa shape index (κ2) is 3.44. The van der Waals surface area contributed by atoms with Gasteiger partial charge in [-0.1, -0.05) is 45.0 Å². The second-order valence-electron chi connectivity index (χ2n) is 6.34. The molecule has 0 spiro atoms. The van der Waals surface area contributed by atoms with Crippen molar-refractivity contribution in [1.82, 2.24) is 0 Å². The average molecular weight is 228 g/mol. The van der Waals surface area contributed by atoms with Gasteiger partial charge < -0.3 is 0 Å². The summed E-state index contributed by atoms with van der Waals surface area (Å²) in [5, 5.41) is 0. The van der Waals surface area contributed by atoms with Crippen molar-refractivity contribution in [2.24, 2.45) is 17.3 Å². The third-order valence-corrected chi connectivity index (χ3v) is 5.29. The number of hydrogen-bond donors (Lipinski definition) is 0. The number of ketones is 1. The molecule has 0 N–H and O–H groups in total. The summed E-state index contributed by atoms with van der Waals surface area (Å²) in [5.74, 6) is 1.72. The number of carbonyl (C=O) groups excluding carboxylic acids is 1. The summed E-state index contributed by atoms with van der Waals surface area (Å²) in [6.07, 6.45) is 2.42. The highest BCUT2D eigenvalue weighted by molar-refractivity contribution is 6.03. The Kier molecular flexibility index (Phi) is 2.23. The zero-order chi connectivity index (χ0) is 12.2. The van der Waals surface area contributed by atoms with Gasteiger partial charge in [0, 0.05) is 11.5 Å². The number of hydrogen-bond acceptors (Lipinski definition) is 1. The van der Waals surface area contributed by atoms with Crippen molar-refractivity contribution in [1.29, 1.82) is 0 Å². The maximum atomic E-state index is 12.6. The Hall–Kier alpha value is -1.11. The number of benzene rings is 1. The van der Waals surface area contributed by atoms with Gasteiger partial charge in [0.2, 0.25) is 0 Å². The van der Waals surface area contributed by atoms with E-state index in [-0.39, 0.29) is 11.3 Å². The van der Waals surface area contributed by atoms with Crippen molar-refractivity contribution in [3.8, 4) is 0 Å². The van der Waals surface area contributed by atoms with Gasteiger partial charge in [-0.2, -0.15) is 0 Å². The SMILES string of the molecule is CC1CCC2c3ccccc3C(=O)C2C1(C)C. The first-order valence-electron chi connectivity index (χ1n) is 6.66. The zero-order valence-electron chi connectivity index (χ0n) is 10.9. The van der Waals surface area contributed by atoms with Gasteiger partial charge in [-0.3, -0.25) is 4.79 Å². The van der Waals surface area contributed by atoms with E-state index in [9.17, 15) is 4.79 Å². The number of Topliss-reactive ketones (excluding diaryl/α,β-unsaturated/α-hetero) is 1. The van der Waals surface area contributed by atoms with Crippen LogP contribution in [0.2, 0.25) is 0 Å². The van der Waals surface area contributed by atoms with Crippen LogP contribution in [-0.2, 0) is 0 Å². The van der Waals surface area contributed by atoms with Crippen LogP contribution in [0, 0.1) is 17.3 Å². The highest BCUT2D eigenvalue weighted by atomic mass is 16.1.